The Hall–Kier alpha value is -1.72. The predicted octanol–water partition coefficient (Wildman–Crippen LogP) is 2.46. The molecule has 2 aromatic rings. The fraction of sp³-hybridized carbons (Fsp3) is 0.154. The standard InChI is InChI=1S/C13H12N2O2S/c1-9(13-14-17-18(16)15-13)11-7-6-10-4-2-3-5-12(10)8-11/h2-9H,1H3,(H,14,15)/t9-,18?/m1/s1. The second kappa shape index (κ2) is 4.51. The fourth-order valence-electron chi connectivity index (χ4n) is 2.00. The van der Waals surface area contributed by atoms with Crippen molar-refractivity contribution in [1.29, 1.82) is 0 Å². The Labute approximate surface area is 107 Å². The van der Waals surface area contributed by atoms with Crippen molar-refractivity contribution in [3.63, 3.8) is 0 Å². The first-order valence-electron chi connectivity index (χ1n) is 5.66. The van der Waals surface area contributed by atoms with E-state index in [1.54, 1.807) is 0 Å². The van der Waals surface area contributed by atoms with Crippen LogP contribution in [0.2, 0.25) is 0 Å². The Morgan fingerprint density at radius 3 is 2.72 bits per heavy atom. The lowest BCUT2D eigenvalue weighted by Gasteiger charge is -2.11. The average Bonchev–Trinajstić information content (AvgIpc) is 2.84. The third-order valence-electron chi connectivity index (χ3n) is 3.07. The summed E-state index contributed by atoms with van der Waals surface area (Å²) in [4.78, 5) is 0. The van der Waals surface area contributed by atoms with Crippen LogP contribution in [0.5, 0.6) is 0 Å². The lowest BCUT2D eigenvalue weighted by molar-refractivity contribution is 0.301. The van der Waals surface area contributed by atoms with Crippen LogP contribution in [0.15, 0.2) is 46.9 Å². The van der Waals surface area contributed by atoms with Crippen LogP contribution in [-0.2, 0) is 15.6 Å². The summed E-state index contributed by atoms with van der Waals surface area (Å²) in [5.41, 5.74) is 3.72. The molecule has 0 bridgehead atoms. The third kappa shape index (κ3) is 2.02. The topological polar surface area (TPSA) is 50.7 Å². The summed E-state index contributed by atoms with van der Waals surface area (Å²) in [5.74, 6) is 0.629. The van der Waals surface area contributed by atoms with Gasteiger partial charge >= 0.3 is 11.3 Å². The maximum Gasteiger partial charge on any atom is 0.309 e. The van der Waals surface area contributed by atoms with Crippen LogP contribution >= 0.6 is 0 Å². The highest BCUT2D eigenvalue weighted by Gasteiger charge is 2.20. The molecule has 5 heteroatoms. The van der Waals surface area contributed by atoms with Crippen molar-refractivity contribution < 1.29 is 8.49 Å². The Morgan fingerprint density at radius 2 is 2.00 bits per heavy atom. The molecule has 0 aliphatic carbocycles. The van der Waals surface area contributed by atoms with E-state index in [4.69, 9.17) is 4.28 Å². The van der Waals surface area contributed by atoms with E-state index in [-0.39, 0.29) is 5.92 Å². The predicted molar refractivity (Wildman–Crippen MR) is 72.2 cm³/mol. The van der Waals surface area contributed by atoms with Crippen molar-refractivity contribution >= 4 is 27.9 Å². The molecule has 1 aliphatic heterocycles. The van der Waals surface area contributed by atoms with Crippen LogP contribution in [-0.4, -0.2) is 10.0 Å². The molecule has 18 heavy (non-hydrogen) atoms. The van der Waals surface area contributed by atoms with Crippen LogP contribution < -0.4 is 5.48 Å². The first kappa shape index (κ1) is 11.4. The summed E-state index contributed by atoms with van der Waals surface area (Å²) in [5, 5.41) is 2.39. The highest BCUT2D eigenvalue weighted by molar-refractivity contribution is 7.79. The zero-order chi connectivity index (χ0) is 12.5. The van der Waals surface area contributed by atoms with E-state index in [9.17, 15) is 4.21 Å². The second-order valence-electron chi connectivity index (χ2n) is 4.21. The van der Waals surface area contributed by atoms with Crippen molar-refractivity contribution in [3.05, 3.63) is 48.0 Å². The highest BCUT2D eigenvalue weighted by atomic mass is 32.2. The van der Waals surface area contributed by atoms with Gasteiger partial charge in [0, 0.05) is 5.92 Å². The fourth-order valence-corrected chi connectivity index (χ4v) is 2.55. The molecule has 4 nitrogen and oxygen atoms in total. The molecular formula is C13H12N2O2S. The minimum absolute atomic E-state index is 0.0288. The molecular weight excluding hydrogens is 248 g/mol. The van der Waals surface area contributed by atoms with Crippen molar-refractivity contribution in [2.45, 2.75) is 12.8 Å². The van der Waals surface area contributed by atoms with Crippen LogP contribution in [0.25, 0.3) is 10.8 Å². The summed E-state index contributed by atoms with van der Waals surface area (Å²) in [6.07, 6.45) is 0. The van der Waals surface area contributed by atoms with Gasteiger partial charge in [0.05, 0.1) is 0 Å². The summed E-state index contributed by atoms with van der Waals surface area (Å²) >= 11 is -1.60. The first-order valence-corrected chi connectivity index (χ1v) is 6.70. The minimum atomic E-state index is -1.60. The number of amidine groups is 1. The van der Waals surface area contributed by atoms with Crippen molar-refractivity contribution in [2.24, 2.45) is 4.40 Å². The van der Waals surface area contributed by atoms with Crippen molar-refractivity contribution in [1.82, 2.24) is 5.48 Å². The lowest BCUT2D eigenvalue weighted by atomic mass is 9.97. The van der Waals surface area contributed by atoms with E-state index < -0.39 is 11.3 Å². The number of nitrogens with zero attached hydrogens (tertiary/aromatic N) is 1. The molecule has 0 aromatic heterocycles. The zero-order valence-electron chi connectivity index (χ0n) is 9.79. The van der Waals surface area contributed by atoms with E-state index in [1.165, 1.54) is 10.8 Å². The van der Waals surface area contributed by atoms with Gasteiger partial charge in [-0.3, -0.25) is 0 Å². The second-order valence-corrected chi connectivity index (χ2v) is 4.99. The molecule has 92 valence electrons. The Kier molecular flexibility index (Phi) is 2.85. The van der Waals surface area contributed by atoms with Crippen LogP contribution in [0.4, 0.5) is 0 Å². The van der Waals surface area contributed by atoms with Crippen molar-refractivity contribution in [2.75, 3.05) is 0 Å². The Bertz CT molecular complexity index is 654. The van der Waals surface area contributed by atoms with Gasteiger partial charge in [0.25, 0.3) is 0 Å². The summed E-state index contributed by atoms with van der Waals surface area (Å²) in [6, 6.07) is 14.4. The van der Waals surface area contributed by atoms with E-state index in [1.807, 2.05) is 19.1 Å². The van der Waals surface area contributed by atoms with E-state index >= 15 is 0 Å². The zero-order valence-corrected chi connectivity index (χ0v) is 10.6. The molecule has 0 radical (unpaired) electrons. The maximum atomic E-state index is 11.0. The van der Waals surface area contributed by atoms with Gasteiger partial charge in [-0.15, -0.1) is 4.40 Å². The summed E-state index contributed by atoms with van der Waals surface area (Å²) in [6.45, 7) is 2.00. The number of hydrogen-bond donors (Lipinski definition) is 1. The lowest BCUT2D eigenvalue weighted by Crippen LogP contribution is -2.22. The third-order valence-corrected chi connectivity index (χ3v) is 3.65. The average molecular weight is 260 g/mol. The van der Waals surface area contributed by atoms with E-state index in [2.05, 4.69) is 40.2 Å². The molecule has 1 heterocycles. The van der Waals surface area contributed by atoms with Crippen LogP contribution in [0.3, 0.4) is 0 Å². The first-order chi connectivity index (χ1) is 8.74. The summed E-state index contributed by atoms with van der Waals surface area (Å²) < 4.78 is 19.7. The molecule has 2 atom stereocenters. The van der Waals surface area contributed by atoms with Crippen LogP contribution in [0.1, 0.15) is 18.4 Å². The molecule has 0 saturated heterocycles. The molecule has 3 rings (SSSR count). The molecule has 0 saturated carbocycles. The number of hydrogen-bond acceptors (Lipinski definition) is 3. The van der Waals surface area contributed by atoms with E-state index in [0.29, 0.717) is 5.84 Å². The Balaban J connectivity index is 1.99. The molecule has 0 fully saturated rings. The Morgan fingerprint density at radius 1 is 1.22 bits per heavy atom. The molecule has 1 N–H and O–H groups in total. The largest absolute Gasteiger partial charge is 0.309 e. The maximum absolute atomic E-state index is 11.0. The molecule has 2 aromatic carbocycles. The molecule has 1 aliphatic rings. The monoisotopic (exact) mass is 260 g/mol. The van der Waals surface area contributed by atoms with Crippen molar-refractivity contribution in [3.8, 4) is 0 Å². The highest BCUT2D eigenvalue weighted by Crippen LogP contribution is 2.23. The number of hydroxylamine groups is 1. The van der Waals surface area contributed by atoms with Gasteiger partial charge in [0.1, 0.15) is 5.84 Å². The van der Waals surface area contributed by atoms with Gasteiger partial charge in [-0.2, -0.15) is 4.28 Å². The van der Waals surface area contributed by atoms with Gasteiger partial charge in [0.15, 0.2) is 0 Å². The molecule has 0 amide bonds. The SMILES string of the molecule is C[C@@H](C1=NS(=O)ON1)c1ccc2ccccc2c1. The molecule has 1 unspecified atom stereocenters. The van der Waals surface area contributed by atoms with E-state index in [0.717, 1.165) is 5.56 Å². The number of nitrogens with one attached hydrogen (secondary N) is 1. The number of rotatable bonds is 2. The molecule has 0 spiro atoms. The van der Waals surface area contributed by atoms with Gasteiger partial charge in [0.2, 0.25) is 0 Å². The number of benzene rings is 2. The van der Waals surface area contributed by atoms with Gasteiger partial charge < -0.3 is 0 Å². The van der Waals surface area contributed by atoms with Crippen LogP contribution in [0, 0.1) is 0 Å². The van der Waals surface area contributed by atoms with Gasteiger partial charge in [-0.1, -0.05) is 49.4 Å². The smallest absolute Gasteiger partial charge is 0.234 e. The summed E-state index contributed by atoms with van der Waals surface area (Å²) in [7, 11) is 0. The van der Waals surface area contributed by atoms with Gasteiger partial charge in [-0.25, -0.2) is 9.69 Å². The number of fused-ring (bicyclic) bond motifs is 1. The quantitative estimate of drug-likeness (QED) is 0.902. The van der Waals surface area contributed by atoms with Gasteiger partial charge in [-0.05, 0) is 16.3 Å². The minimum Gasteiger partial charge on any atom is -0.234 e. The normalized spacial score (nSPS) is 20.5.